The fraction of sp³-hybridized carbons (Fsp3) is 0.333. The van der Waals surface area contributed by atoms with Gasteiger partial charge in [0.15, 0.2) is 5.82 Å². The first-order chi connectivity index (χ1) is 8.25. The Labute approximate surface area is 98.5 Å². The molecule has 0 atom stereocenters. The summed E-state index contributed by atoms with van der Waals surface area (Å²) in [6.07, 6.45) is 0. The fourth-order valence-corrected chi connectivity index (χ4v) is 2.09. The quantitative estimate of drug-likeness (QED) is 0.810. The van der Waals surface area contributed by atoms with Crippen LogP contribution in [0, 0.1) is 12.7 Å². The molecular formula is C12H13FN4. The number of nitrogens with zero attached hydrogens (tertiary/aromatic N) is 3. The second-order valence-electron chi connectivity index (χ2n) is 4.23. The van der Waals surface area contributed by atoms with Gasteiger partial charge in [-0.05, 0) is 30.7 Å². The summed E-state index contributed by atoms with van der Waals surface area (Å²) >= 11 is 0. The summed E-state index contributed by atoms with van der Waals surface area (Å²) in [4.78, 5) is 0. The Morgan fingerprint density at radius 1 is 1.35 bits per heavy atom. The molecule has 0 aliphatic carbocycles. The molecule has 0 spiro atoms. The highest BCUT2D eigenvalue weighted by Gasteiger charge is 2.16. The van der Waals surface area contributed by atoms with Crippen LogP contribution in [0.15, 0.2) is 18.2 Å². The topological polar surface area (TPSA) is 42.7 Å². The summed E-state index contributed by atoms with van der Waals surface area (Å²) in [5, 5.41) is 11.6. The Morgan fingerprint density at radius 2 is 2.24 bits per heavy atom. The number of fused-ring (bicyclic) bond motifs is 1. The molecular weight excluding hydrogens is 219 g/mol. The minimum absolute atomic E-state index is 0.186. The van der Waals surface area contributed by atoms with Gasteiger partial charge in [0, 0.05) is 18.7 Å². The normalized spacial score (nSPS) is 14.7. The molecule has 0 bridgehead atoms. The van der Waals surface area contributed by atoms with Crippen LogP contribution in [0.4, 0.5) is 4.39 Å². The molecule has 0 unspecified atom stereocenters. The first kappa shape index (κ1) is 10.4. The van der Waals surface area contributed by atoms with Gasteiger partial charge in [0.05, 0.1) is 6.54 Å². The molecule has 1 aliphatic heterocycles. The predicted molar refractivity (Wildman–Crippen MR) is 61.9 cm³/mol. The van der Waals surface area contributed by atoms with Gasteiger partial charge in [0.25, 0.3) is 0 Å². The highest BCUT2D eigenvalue weighted by atomic mass is 19.1. The molecule has 0 radical (unpaired) electrons. The second-order valence-corrected chi connectivity index (χ2v) is 4.23. The van der Waals surface area contributed by atoms with Crippen molar-refractivity contribution in [1.82, 2.24) is 20.1 Å². The molecule has 88 valence electrons. The van der Waals surface area contributed by atoms with Crippen LogP contribution in [0.2, 0.25) is 0 Å². The van der Waals surface area contributed by atoms with Crippen molar-refractivity contribution >= 4 is 0 Å². The molecule has 4 nitrogen and oxygen atoms in total. The van der Waals surface area contributed by atoms with E-state index in [-0.39, 0.29) is 5.82 Å². The van der Waals surface area contributed by atoms with E-state index in [4.69, 9.17) is 0 Å². The van der Waals surface area contributed by atoms with Crippen molar-refractivity contribution in [1.29, 1.82) is 0 Å². The number of aromatic nitrogens is 3. The van der Waals surface area contributed by atoms with Gasteiger partial charge in [-0.2, -0.15) is 0 Å². The predicted octanol–water partition coefficient (Wildman–Crippen LogP) is 1.50. The summed E-state index contributed by atoms with van der Waals surface area (Å²) in [7, 11) is 0. The Kier molecular flexibility index (Phi) is 2.40. The lowest BCUT2D eigenvalue weighted by Gasteiger charge is -2.16. The number of halogens is 1. The average Bonchev–Trinajstić information content (AvgIpc) is 2.76. The van der Waals surface area contributed by atoms with Crippen molar-refractivity contribution in [3.8, 4) is 11.4 Å². The molecule has 2 aromatic rings. The first-order valence-corrected chi connectivity index (χ1v) is 5.65. The Balaban J connectivity index is 2.09. The average molecular weight is 232 g/mol. The maximum Gasteiger partial charge on any atom is 0.164 e. The van der Waals surface area contributed by atoms with E-state index in [9.17, 15) is 4.39 Å². The van der Waals surface area contributed by atoms with E-state index >= 15 is 0 Å². The minimum atomic E-state index is -0.186. The van der Waals surface area contributed by atoms with Crippen molar-refractivity contribution in [3.05, 3.63) is 35.4 Å². The molecule has 0 amide bonds. The maximum absolute atomic E-state index is 13.2. The standard InChI is InChI=1S/C12H13FN4/c1-8-6-9(2-3-10(8)13)12-16-15-11-7-14-4-5-17(11)12/h2-3,6,14H,4-5,7H2,1H3. The zero-order valence-electron chi connectivity index (χ0n) is 9.57. The maximum atomic E-state index is 13.2. The number of hydrogen-bond donors (Lipinski definition) is 1. The lowest BCUT2D eigenvalue weighted by atomic mass is 10.1. The van der Waals surface area contributed by atoms with Crippen LogP contribution in [0.1, 0.15) is 11.4 Å². The lowest BCUT2D eigenvalue weighted by molar-refractivity contribution is 0.508. The molecule has 2 heterocycles. The van der Waals surface area contributed by atoms with Gasteiger partial charge in [0.1, 0.15) is 11.6 Å². The summed E-state index contributed by atoms with van der Waals surface area (Å²) in [6, 6.07) is 5.05. The number of benzene rings is 1. The highest BCUT2D eigenvalue weighted by molar-refractivity contribution is 5.56. The summed E-state index contributed by atoms with van der Waals surface area (Å²) in [5.74, 6) is 1.58. The van der Waals surface area contributed by atoms with E-state index in [0.29, 0.717) is 5.56 Å². The molecule has 0 saturated carbocycles. The van der Waals surface area contributed by atoms with Crippen LogP contribution in [-0.4, -0.2) is 21.3 Å². The molecule has 1 N–H and O–H groups in total. The van der Waals surface area contributed by atoms with Crippen molar-refractivity contribution in [2.75, 3.05) is 6.54 Å². The largest absolute Gasteiger partial charge is 0.309 e. The van der Waals surface area contributed by atoms with Crippen molar-refractivity contribution in [2.45, 2.75) is 20.0 Å². The van der Waals surface area contributed by atoms with E-state index in [2.05, 4.69) is 20.1 Å². The molecule has 0 fully saturated rings. The van der Waals surface area contributed by atoms with Crippen LogP contribution in [-0.2, 0) is 13.1 Å². The van der Waals surface area contributed by atoms with Crippen LogP contribution < -0.4 is 5.32 Å². The van der Waals surface area contributed by atoms with Gasteiger partial charge >= 0.3 is 0 Å². The zero-order valence-corrected chi connectivity index (χ0v) is 9.57. The van der Waals surface area contributed by atoms with E-state index in [1.807, 2.05) is 6.07 Å². The summed E-state index contributed by atoms with van der Waals surface area (Å²) in [6.45, 7) is 4.27. The number of aryl methyl sites for hydroxylation is 1. The van der Waals surface area contributed by atoms with Crippen LogP contribution in [0.25, 0.3) is 11.4 Å². The molecule has 17 heavy (non-hydrogen) atoms. The van der Waals surface area contributed by atoms with E-state index in [1.165, 1.54) is 6.07 Å². The lowest BCUT2D eigenvalue weighted by Crippen LogP contribution is -2.28. The van der Waals surface area contributed by atoms with Crippen LogP contribution >= 0.6 is 0 Å². The minimum Gasteiger partial charge on any atom is -0.309 e. The molecule has 5 heteroatoms. The number of rotatable bonds is 1. The van der Waals surface area contributed by atoms with Gasteiger partial charge in [-0.25, -0.2) is 4.39 Å². The third-order valence-corrected chi connectivity index (χ3v) is 3.04. The van der Waals surface area contributed by atoms with Gasteiger partial charge in [-0.3, -0.25) is 0 Å². The smallest absolute Gasteiger partial charge is 0.164 e. The van der Waals surface area contributed by atoms with Crippen LogP contribution in [0.5, 0.6) is 0 Å². The van der Waals surface area contributed by atoms with Crippen molar-refractivity contribution < 1.29 is 4.39 Å². The monoisotopic (exact) mass is 232 g/mol. The Bertz CT molecular complexity index is 562. The van der Waals surface area contributed by atoms with Gasteiger partial charge in [0.2, 0.25) is 0 Å². The number of hydrogen-bond acceptors (Lipinski definition) is 3. The first-order valence-electron chi connectivity index (χ1n) is 5.65. The second kappa shape index (κ2) is 3.92. The zero-order chi connectivity index (χ0) is 11.8. The summed E-state index contributed by atoms with van der Waals surface area (Å²) < 4.78 is 15.3. The summed E-state index contributed by atoms with van der Waals surface area (Å²) in [5.41, 5.74) is 1.55. The molecule has 1 aliphatic rings. The fourth-order valence-electron chi connectivity index (χ4n) is 2.09. The number of nitrogens with one attached hydrogen (secondary N) is 1. The van der Waals surface area contributed by atoms with Gasteiger partial charge < -0.3 is 9.88 Å². The SMILES string of the molecule is Cc1cc(-c2nnc3n2CCNC3)ccc1F. The third kappa shape index (κ3) is 1.72. The van der Waals surface area contributed by atoms with E-state index in [1.54, 1.807) is 13.0 Å². The van der Waals surface area contributed by atoms with E-state index < -0.39 is 0 Å². The molecule has 1 aromatic carbocycles. The third-order valence-electron chi connectivity index (χ3n) is 3.04. The van der Waals surface area contributed by atoms with Crippen molar-refractivity contribution in [2.24, 2.45) is 0 Å². The van der Waals surface area contributed by atoms with Crippen LogP contribution in [0.3, 0.4) is 0 Å². The Hall–Kier alpha value is -1.75. The highest BCUT2D eigenvalue weighted by Crippen LogP contribution is 2.21. The van der Waals surface area contributed by atoms with Crippen molar-refractivity contribution in [3.63, 3.8) is 0 Å². The van der Waals surface area contributed by atoms with Gasteiger partial charge in [-0.1, -0.05) is 0 Å². The van der Waals surface area contributed by atoms with E-state index in [0.717, 1.165) is 36.8 Å². The Morgan fingerprint density at radius 3 is 3.06 bits per heavy atom. The van der Waals surface area contributed by atoms with Gasteiger partial charge in [-0.15, -0.1) is 10.2 Å². The molecule has 3 rings (SSSR count). The molecule has 0 saturated heterocycles. The molecule has 1 aromatic heterocycles.